The summed E-state index contributed by atoms with van der Waals surface area (Å²) in [5.74, 6) is -1.35. The molecule has 0 amide bonds. The minimum absolute atomic E-state index is 0.0650. The molecule has 0 aliphatic carbocycles. The van der Waals surface area contributed by atoms with Gasteiger partial charge in [-0.05, 0) is 18.1 Å². The maximum Gasteiger partial charge on any atom is 0.574 e. The molecule has 2 heterocycles. The Balaban J connectivity index is 2.66. The number of nitrogens with one attached hydrogen (secondary N) is 1. The maximum atomic E-state index is 12.6. The first-order valence-electron chi connectivity index (χ1n) is 6.75. The van der Waals surface area contributed by atoms with E-state index < -0.39 is 18.2 Å². The van der Waals surface area contributed by atoms with Gasteiger partial charge in [-0.15, -0.1) is 13.2 Å². The van der Waals surface area contributed by atoms with Gasteiger partial charge in [-0.25, -0.2) is 9.78 Å². The Kier molecular flexibility index (Phi) is 4.63. The molecule has 23 heavy (non-hydrogen) atoms. The molecule has 0 aliphatic heterocycles. The summed E-state index contributed by atoms with van der Waals surface area (Å²) in [4.78, 5) is 18.5. The van der Waals surface area contributed by atoms with Crippen LogP contribution in [0.15, 0.2) is 24.5 Å². The number of aromatic amines is 1. The zero-order valence-corrected chi connectivity index (χ0v) is 12.7. The molecule has 0 atom stereocenters. The van der Waals surface area contributed by atoms with Gasteiger partial charge in [0, 0.05) is 29.2 Å². The van der Waals surface area contributed by atoms with Gasteiger partial charge in [-0.2, -0.15) is 0 Å². The molecule has 2 aromatic heterocycles. The van der Waals surface area contributed by atoms with Gasteiger partial charge in [0.15, 0.2) is 0 Å². The number of nitrogens with zero attached hydrogens (tertiary/aromatic N) is 1. The van der Waals surface area contributed by atoms with E-state index in [1.54, 1.807) is 0 Å². The smallest absolute Gasteiger partial charge is 0.465 e. The number of ether oxygens (including phenoxy) is 2. The normalized spacial score (nSPS) is 11.6. The molecule has 8 heteroatoms. The van der Waals surface area contributed by atoms with Gasteiger partial charge in [0.25, 0.3) is 0 Å². The van der Waals surface area contributed by atoms with Crippen LogP contribution in [0.25, 0.3) is 11.1 Å². The predicted octanol–water partition coefficient (Wildman–Crippen LogP) is 3.89. The fourth-order valence-electron chi connectivity index (χ4n) is 2.23. The number of hydrogen-bond donors (Lipinski definition) is 1. The fourth-order valence-corrected chi connectivity index (χ4v) is 2.23. The highest BCUT2D eigenvalue weighted by atomic mass is 19.4. The summed E-state index contributed by atoms with van der Waals surface area (Å²) in [6, 6.07) is 2.88. The standard InChI is InChI=1S/C15H15F3N2O3/c1-8(2)12-11(10(7-20-12)14(21)22-3)9-5-4-6-19-13(9)23-15(16,17)18/h4-8,20H,1-3H3. The van der Waals surface area contributed by atoms with E-state index >= 15 is 0 Å². The Bertz CT molecular complexity index is 708. The molecule has 2 aromatic rings. The van der Waals surface area contributed by atoms with Crippen molar-refractivity contribution in [3.05, 3.63) is 35.8 Å². The van der Waals surface area contributed by atoms with E-state index in [1.165, 1.54) is 31.6 Å². The molecule has 0 spiro atoms. The van der Waals surface area contributed by atoms with Crippen LogP contribution >= 0.6 is 0 Å². The van der Waals surface area contributed by atoms with Crippen LogP contribution in [-0.2, 0) is 4.74 Å². The number of alkyl halides is 3. The Hall–Kier alpha value is -2.51. The predicted molar refractivity (Wildman–Crippen MR) is 76.1 cm³/mol. The second-order valence-corrected chi connectivity index (χ2v) is 5.04. The quantitative estimate of drug-likeness (QED) is 0.865. The molecule has 0 unspecified atom stereocenters. The van der Waals surface area contributed by atoms with Gasteiger partial charge >= 0.3 is 12.3 Å². The highest BCUT2D eigenvalue weighted by molar-refractivity contribution is 5.99. The summed E-state index contributed by atoms with van der Waals surface area (Å²) in [5.41, 5.74) is 1.07. The summed E-state index contributed by atoms with van der Waals surface area (Å²) in [5, 5.41) is 0. The first-order chi connectivity index (χ1) is 10.7. The highest BCUT2D eigenvalue weighted by Gasteiger charge is 2.34. The van der Waals surface area contributed by atoms with E-state index in [2.05, 4.69) is 19.4 Å². The number of pyridine rings is 1. The molecule has 2 rings (SSSR count). The van der Waals surface area contributed by atoms with Crippen LogP contribution in [0.1, 0.15) is 35.8 Å². The van der Waals surface area contributed by atoms with Crippen LogP contribution in [0, 0.1) is 0 Å². The Morgan fingerprint density at radius 3 is 2.61 bits per heavy atom. The number of aromatic nitrogens is 2. The van der Waals surface area contributed by atoms with Crippen molar-refractivity contribution < 1.29 is 27.4 Å². The molecule has 0 radical (unpaired) electrons. The van der Waals surface area contributed by atoms with Crippen molar-refractivity contribution in [3.63, 3.8) is 0 Å². The monoisotopic (exact) mass is 328 g/mol. The number of esters is 1. The number of rotatable bonds is 4. The molecule has 0 aromatic carbocycles. The number of methoxy groups -OCH3 is 1. The van der Waals surface area contributed by atoms with E-state index in [4.69, 9.17) is 0 Å². The summed E-state index contributed by atoms with van der Waals surface area (Å²) >= 11 is 0. The molecule has 5 nitrogen and oxygen atoms in total. The largest absolute Gasteiger partial charge is 0.574 e. The van der Waals surface area contributed by atoms with Gasteiger partial charge < -0.3 is 14.5 Å². The molecule has 1 N–H and O–H groups in total. The lowest BCUT2D eigenvalue weighted by atomic mass is 9.97. The van der Waals surface area contributed by atoms with Crippen molar-refractivity contribution in [2.45, 2.75) is 26.1 Å². The summed E-state index contributed by atoms with van der Waals surface area (Å²) in [6.45, 7) is 3.69. The van der Waals surface area contributed by atoms with Crippen molar-refractivity contribution in [2.75, 3.05) is 7.11 Å². The van der Waals surface area contributed by atoms with Crippen LogP contribution in [0.5, 0.6) is 5.88 Å². The summed E-state index contributed by atoms with van der Waals surface area (Å²) in [6.07, 6.45) is -2.30. The third kappa shape index (κ3) is 3.64. The topological polar surface area (TPSA) is 64.2 Å². The number of halogens is 3. The number of H-pyrrole nitrogens is 1. The molecular formula is C15H15F3N2O3. The van der Waals surface area contributed by atoms with Gasteiger partial charge in [-0.3, -0.25) is 0 Å². The molecule has 0 bridgehead atoms. The first-order valence-corrected chi connectivity index (χ1v) is 6.75. The lowest BCUT2D eigenvalue weighted by molar-refractivity contribution is -0.275. The van der Waals surface area contributed by atoms with Crippen LogP contribution < -0.4 is 4.74 Å². The second-order valence-electron chi connectivity index (χ2n) is 5.04. The Morgan fingerprint density at radius 1 is 1.35 bits per heavy atom. The average molecular weight is 328 g/mol. The van der Waals surface area contributed by atoms with Crippen molar-refractivity contribution in [1.29, 1.82) is 0 Å². The lowest BCUT2D eigenvalue weighted by Gasteiger charge is -2.14. The average Bonchev–Trinajstić information content (AvgIpc) is 2.90. The lowest BCUT2D eigenvalue weighted by Crippen LogP contribution is -2.18. The van der Waals surface area contributed by atoms with Gasteiger partial charge in [0.2, 0.25) is 5.88 Å². The Labute approximate surface area is 130 Å². The van der Waals surface area contributed by atoms with Crippen molar-refractivity contribution in [1.82, 2.24) is 9.97 Å². The third-order valence-electron chi connectivity index (χ3n) is 3.15. The zero-order valence-electron chi connectivity index (χ0n) is 12.7. The van der Waals surface area contributed by atoms with E-state index in [-0.39, 0.29) is 17.0 Å². The fraction of sp³-hybridized carbons (Fsp3) is 0.333. The zero-order chi connectivity index (χ0) is 17.2. The molecule has 0 fully saturated rings. The van der Waals surface area contributed by atoms with Crippen LogP contribution in [0.4, 0.5) is 13.2 Å². The summed E-state index contributed by atoms with van der Waals surface area (Å²) < 4.78 is 46.4. The van der Waals surface area contributed by atoms with E-state index in [0.717, 1.165) is 0 Å². The van der Waals surface area contributed by atoms with Crippen LogP contribution in [0.3, 0.4) is 0 Å². The SMILES string of the molecule is COC(=O)c1c[nH]c(C(C)C)c1-c1cccnc1OC(F)(F)F. The van der Waals surface area contributed by atoms with Crippen molar-refractivity contribution in [2.24, 2.45) is 0 Å². The van der Waals surface area contributed by atoms with Crippen molar-refractivity contribution >= 4 is 5.97 Å². The van der Waals surface area contributed by atoms with Gasteiger partial charge in [0.05, 0.1) is 12.7 Å². The molecule has 0 aliphatic rings. The molecule has 124 valence electrons. The number of carbonyl (C=O) groups is 1. The first kappa shape index (κ1) is 16.9. The van der Waals surface area contributed by atoms with Crippen LogP contribution in [0.2, 0.25) is 0 Å². The third-order valence-corrected chi connectivity index (χ3v) is 3.15. The second kappa shape index (κ2) is 6.31. The van der Waals surface area contributed by atoms with Gasteiger partial charge in [-0.1, -0.05) is 13.8 Å². The molecule has 0 saturated carbocycles. The Morgan fingerprint density at radius 2 is 2.04 bits per heavy atom. The maximum absolute atomic E-state index is 12.6. The number of hydrogen-bond acceptors (Lipinski definition) is 4. The minimum Gasteiger partial charge on any atom is -0.465 e. The summed E-state index contributed by atoms with van der Waals surface area (Å²) in [7, 11) is 1.20. The van der Waals surface area contributed by atoms with E-state index in [1.807, 2.05) is 13.8 Å². The molecular weight excluding hydrogens is 313 g/mol. The van der Waals surface area contributed by atoms with Crippen LogP contribution in [-0.4, -0.2) is 29.4 Å². The van der Waals surface area contributed by atoms with E-state index in [0.29, 0.717) is 11.3 Å². The molecule has 0 saturated heterocycles. The van der Waals surface area contributed by atoms with Gasteiger partial charge in [0.1, 0.15) is 0 Å². The van der Waals surface area contributed by atoms with Crippen molar-refractivity contribution in [3.8, 4) is 17.0 Å². The van der Waals surface area contributed by atoms with E-state index in [9.17, 15) is 18.0 Å². The highest BCUT2D eigenvalue weighted by Crippen LogP contribution is 2.38. The number of carbonyl (C=O) groups excluding carboxylic acids is 1. The minimum atomic E-state index is -4.89.